The van der Waals surface area contributed by atoms with Gasteiger partial charge in [-0.2, -0.15) is 0 Å². The SMILES string of the molecule is CC(C)N(C)C(=O)Cc1sccc1NS(=O)(=O)c1ccc(-c2ccccc2)cc1. The molecule has 7 heteroatoms. The van der Waals surface area contributed by atoms with Gasteiger partial charge in [-0.1, -0.05) is 42.5 Å². The zero-order chi connectivity index (χ0) is 21.0. The summed E-state index contributed by atoms with van der Waals surface area (Å²) in [4.78, 5) is 14.9. The van der Waals surface area contributed by atoms with Crippen molar-refractivity contribution in [2.45, 2.75) is 31.2 Å². The van der Waals surface area contributed by atoms with Gasteiger partial charge in [-0.05, 0) is 48.6 Å². The highest BCUT2D eigenvalue weighted by Crippen LogP contribution is 2.27. The van der Waals surface area contributed by atoms with Gasteiger partial charge < -0.3 is 4.90 Å². The summed E-state index contributed by atoms with van der Waals surface area (Å²) in [6, 6.07) is 18.3. The van der Waals surface area contributed by atoms with Gasteiger partial charge in [-0.15, -0.1) is 11.3 Å². The van der Waals surface area contributed by atoms with Crippen LogP contribution >= 0.6 is 11.3 Å². The number of nitrogens with one attached hydrogen (secondary N) is 1. The number of carbonyl (C=O) groups is 1. The highest BCUT2D eigenvalue weighted by atomic mass is 32.2. The van der Waals surface area contributed by atoms with Crippen LogP contribution in [0.2, 0.25) is 0 Å². The summed E-state index contributed by atoms with van der Waals surface area (Å²) in [5, 5.41) is 1.79. The van der Waals surface area contributed by atoms with E-state index in [1.54, 1.807) is 47.7 Å². The van der Waals surface area contributed by atoms with Gasteiger partial charge in [0.15, 0.2) is 0 Å². The number of amides is 1. The number of hydrogen-bond donors (Lipinski definition) is 1. The summed E-state index contributed by atoms with van der Waals surface area (Å²) in [7, 11) is -2.00. The van der Waals surface area contributed by atoms with E-state index >= 15 is 0 Å². The molecule has 0 atom stereocenters. The van der Waals surface area contributed by atoms with Crippen LogP contribution in [0.3, 0.4) is 0 Å². The van der Waals surface area contributed by atoms with E-state index in [1.807, 2.05) is 44.2 Å². The third kappa shape index (κ3) is 5.05. The molecule has 1 amide bonds. The molecule has 3 rings (SSSR count). The van der Waals surface area contributed by atoms with Crippen LogP contribution in [0.25, 0.3) is 11.1 Å². The predicted octanol–water partition coefficient (Wildman–Crippen LogP) is 4.63. The summed E-state index contributed by atoms with van der Waals surface area (Å²) >= 11 is 1.37. The molecule has 0 spiro atoms. The number of hydrogen-bond acceptors (Lipinski definition) is 4. The Bertz CT molecular complexity index is 1070. The molecule has 3 aromatic rings. The van der Waals surface area contributed by atoms with Gasteiger partial charge in [0, 0.05) is 18.0 Å². The van der Waals surface area contributed by atoms with Gasteiger partial charge in [0.25, 0.3) is 10.0 Å². The number of nitrogens with zero attached hydrogens (tertiary/aromatic N) is 1. The average molecular weight is 429 g/mol. The predicted molar refractivity (Wildman–Crippen MR) is 119 cm³/mol. The summed E-state index contributed by atoms with van der Waals surface area (Å²) in [5.41, 5.74) is 2.42. The first kappa shape index (κ1) is 21.1. The Labute approximate surface area is 176 Å². The van der Waals surface area contributed by atoms with Crippen LogP contribution in [0.5, 0.6) is 0 Å². The first-order valence-corrected chi connectivity index (χ1v) is 11.6. The maximum Gasteiger partial charge on any atom is 0.261 e. The lowest BCUT2D eigenvalue weighted by Crippen LogP contribution is -2.34. The van der Waals surface area contributed by atoms with E-state index in [9.17, 15) is 13.2 Å². The lowest BCUT2D eigenvalue weighted by Gasteiger charge is -2.21. The summed E-state index contributed by atoms with van der Waals surface area (Å²) < 4.78 is 28.3. The van der Waals surface area contributed by atoms with Crippen molar-refractivity contribution in [3.63, 3.8) is 0 Å². The van der Waals surface area contributed by atoms with Crippen molar-refractivity contribution in [2.75, 3.05) is 11.8 Å². The molecule has 0 unspecified atom stereocenters. The molecule has 0 saturated heterocycles. The molecule has 1 heterocycles. The molecule has 0 bridgehead atoms. The first-order valence-electron chi connectivity index (χ1n) is 9.28. The minimum absolute atomic E-state index is 0.0462. The Kier molecular flexibility index (Phi) is 6.39. The fourth-order valence-electron chi connectivity index (χ4n) is 2.78. The van der Waals surface area contributed by atoms with Crippen LogP contribution in [0.1, 0.15) is 18.7 Å². The number of anilines is 1. The fraction of sp³-hybridized carbons (Fsp3) is 0.227. The van der Waals surface area contributed by atoms with Gasteiger partial charge in [-0.3, -0.25) is 9.52 Å². The largest absolute Gasteiger partial charge is 0.343 e. The summed E-state index contributed by atoms with van der Waals surface area (Å²) in [5.74, 6) is -0.0462. The van der Waals surface area contributed by atoms with Crippen molar-refractivity contribution < 1.29 is 13.2 Å². The zero-order valence-electron chi connectivity index (χ0n) is 16.6. The molecule has 152 valence electrons. The van der Waals surface area contributed by atoms with E-state index in [0.717, 1.165) is 11.1 Å². The van der Waals surface area contributed by atoms with Crippen LogP contribution in [-0.2, 0) is 21.2 Å². The quantitative estimate of drug-likeness (QED) is 0.597. The van der Waals surface area contributed by atoms with Gasteiger partial charge in [0.2, 0.25) is 5.91 Å². The standard InChI is InChI=1S/C22H24N2O3S2/c1-16(2)24(3)22(25)15-21-20(13-14-28-21)23-29(26,27)19-11-9-18(10-12-19)17-7-5-4-6-8-17/h4-14,16,23H,15H2,1-3H3. The van der Waals surface area contributed by atoms with Crippen molar-refractivity contribution in [3.05, 3.63) is 70.9 Å². The zero-order valence-corrected chi connectivity index (χ0v) is 18.3. The average Bonchev–Trinajstić information content (AvgIpc) is 3.13. The van der Waals surface area contributed by atoms with Crippen molar-refractivity contribution in [3.8, 4) is 11.1 Å². The highest BCUT2D eigenvalue weighted by Gasteiger charge is 2.20. The van der Waals surface area contributed by atoms with Crippen LogP contribution < -0.4 is 4.72 Å². The van der Waals surface area contributed by atoms with E-state index < -0.39 is 10.0 Å². The molecule has 5 nitrogen and oxygen atoms in total. The molecule has 0 saturated carbocycles. The van der Waals surface area contributed by atoms with Gasteiger partial charge in [-0.25, -0.2) is 8.42 Å². The molecular formula is C22H24N2O3S2. The van der Waals surface area contributed by atoms with Gasteiger partial charge in [0.1, 0.15) is 0 Å². The molecule has 0 aliphatic carbocycles. The maximum absolute atomic E-state index is 12.8. The molecule has 0 fully saturated rings. The van der Waals surface area contributed by atoms with Gasteiger partial charge >= 0.3 is 0 Å². The summed E-state index contributed by atoms with van der Waals surface area (Å²) in [6.45, 7) is 3.88. The van der Waals surface area contributed by atoms with E-state index in [0.29, 0.717) is 10.6 Å². The third-order valence-electron chi connectivity index (χ3n) is 4.74. The van der Waals surface area contributed by atoms with E-state index in [2.05, 4.69) is 4.72 Å². The normalized spacial score (nSPS) is 11.4. The smallest absolute Gasteiger partial charge is 0.261 e. The van der Waals surface area contributed by atoms with Gasteiger partial charge in [0.05, 0.1) is 17.0 Å². The molecule has 1 aromatic heterocycles. The molecule has 2 aromatic carbocycles. The Morgan fingerprint density at radius 2 is 1.62 bits per heavy atom. The Morgan fingerprint density at radius 1 is 1.00 bits per heavy atom. The molecule has 0 aliphatic heterocycles. The topological polar surface area (TPSA) is 66.5 Å². The number of rotatable bonds is 7. The van der Waals surface area contributed by atoms with Crippen molar-refractivity contribution in [1.82, 2.24) is 4.90 Å². The van der Waals surface area contributed by atoms with E-state index in [4.69, 9.17) is 0 Å². The molecule has 0 radical (unpaired) electrons. The third-order valence-corrected chi connectivity index (χ3v) is 7.04. The molecular weight excluding hydrogens is 404 g/mol. The second-order valence-corrected chi connectivity index (χ2v) is 9.71. The van der Waals surface area contributed by atoms with Crippen molar-refractivity contribution in [2.24, 2.45) is 0 Å². The molecule has 0 aliphatic rings. The monoisotopic (exact) mass is 428 g/mol. The summed E-state index contributed by atoms with van der Waals surface area (Å²) in [6.07, 6.45) is 0.164. The number of likely N-dealkylation sites (N-methyl/N-ethyl adjacent to an activating group) is 1. The first-order chi connectivity index (χ1) is 13.8. The fourth-order valence-corrected chi connectivity index (χ4v) is 4.76. The van der Waals surface area contributed by atoms with Crippen LogP contribution in [0.4, 0.5) is 5.69 Å². The Hall–Kier alpha value is -2.64. The second-order valence-electron chi connectivity index (χ2n) is 7.03. The Balaban J connectivity index is 1.77. The minimum atomic E-state index is -3.75. The van der Waals surface area contributed by atoms with E-state index in [-0.39, 0.29) is 23.3 Å². The van der Waals surface area contributed by atoms with Crippen LogP contribution in [-0.4, -0.2) is 32.3 Å². The molecule has 1 N–H and O–H groups in total. The van der Waals surface area contributed by atoms with Crippen molar-refractivity contribution in [1.29, 1.82) is 0 Å². The second kappa shape index (κ2) is 8.80. The number of thiophene rings is 1. The molecule has 29 heavy (non-hydrogen) atoms. The minimum Gasteiger partial charge on any atom is -0.343 e. The van der Waals surface area contributed by atoms with Crippen molar-refractivity contribution >= 4 is 33.0 Å². The lowest BCUT2D eigenvalue weighted by molar-refractivity contribution is -0.130. The van der Waals surface area contributed by atoms with Crippen LogP contribution in [0.15, 0.2) is 70.9 Å². The lowest BCUT2D eigenvalue weighted by atomic mass is 10.1. The number of benzene rings is 2. The Morgan fingerprint density at radius 3 is 2.24 bits per heavy atom. The van der Waals surface area contributed by atoms with Crippen LogP contribution in [0, 0.1) is 0 Å². The van der Waals surface area contributed by atoms with E-state index in [1.165, 1.54) is 11.3 Å². The number of sulfonamides is 1. The highest BCUT2D eigenvalue weighted by molar-refractivity contribution is 7.92. The maximum atomic E-state index is 12.8. The number of carbonyl (C=O) groups excluding carboxylic acids is 1.